The monoisotopic (exact) mass is 346 g/mol. The third kappa shape index (κ3) is 4.11. The van der Waals surface area contributed by atoms with Crippen molar-refractivity contribution >= 4 is 31.4 Å². The van der Waals surface area contributed by atoms with Crippen LogP contribution in [0.5, 0.6) is 0 Å². The van der Waals surface area contributed by atoms with Crippen LogP contribution in [0.4, 0.5) is 0 Å². The van der Waals surface area contributed by atoms with Crippen LogP contribution in [0.15, 0.2) is 45.5 Å². The first-order valence-corrected chi connectivity index (χ1v) is 9.71. The van der Waals surface area contributed by atoms with Gasteiger partial charge in [-0.2, -0.15) is 0 Å². The highest BCUT2D eigenvalue weighted by molar-refractivity contribution is 7.91. The van der Waals surface area contributed by atoms with E-state index in [0.717, 1.165) is 16.9 Å². The van der Waals surface area contributed by atoms with Gasteiger partial charge in [-0.1, -0.05) is 17.7 Å². The van der Waals surface area contributed by atoms with E-state index < -0.39 is 20.0 Å². The minimum Gasteiger partial charge on any atom is -0.224 e. The SMILES string of the molecule is Cc1ccc(S(=O)(=O)NCc2ccc(S(N)(=O)=O)s2)cc1. The number of nitrogens with one attached hydrogen (secondary N) is 1. The molecule has 2 rings (SSSR count). The summed E-state index contributed by atoms with van der Waals surface area (Å²) < 4.78 is 48.9. The molecule has 0 fully saturated rings. The van der Waals surface area contributed by atoms with Crippen molar-refractivity contribution in [3.63, 3.8) is 0 Å². The van der Waals surface area contributed by atoms with Crippen molar-refractivity contribution in [3.05, 3.63) is 46.8 Å². The quantitative estimate of drug-likeness (QED) is 0.848. The number of hydrogen-bond donors (Lipinski definition) is 2. The van der Waals surface area contributed by atoms with Gasteiger partial charge in [-0.25, -0.2) is 26.7 Å². The van der Waals surface area contributed by atoms with Gasteiger partial charge in [0.2, 0.25) is 20.0 Å². The van der Waals surface area contributed by atoms with E-state index in [2.05, 4.69) is 4.72 Å². The molecular weight excluding hydrogens is 332 g/mol. The zero-order chi connectivity index (χ0) is 15.7. The zero-order valence-corrected chi connectivity index (χ0v) is 13.6. The van der Waals surface area contributed by atoms with Crippen LogP contribution in [0.1, 0.15) is 10.4 Å². The molecule has 6 nitrogen and oxygen atoms in total. The van der Waals surface area contributed by atoms with E-state index in [1.54, 1.807) is 12.1 Å². The van der Waals surface area contributed by atoms with E-state index in [0.29, 0.717) is 4.88 Å². The first kappa shape index (κ1) is 16.1. The van der Waals surface area contributed by atoms with Crippen LogP contribution in [0.2, 0.25) is 0 Å². The van der Waals surface area contributed by atoms with Crippen molar-refractivity contribution in [1.29, 1.82) is 0 Å². The second kappa shape index (κ2) is 5.85. The molecular formula is C12H14N2O4S3. The molecule has 2 aromatic rings. The topological polar surface area (TPSA) is 106 Å². The Labute approximate surface area is 127 Å². The summed E-state index contributed by atoms with van der Waals surface area (Å²) in [6, 6.07) is 9.33. The summed E-state index contributed by atoms with van der Waals surface area (Å²) in [5, 5.41) is 5.00. The van der Waals surface area contributed by atoms with E-state index >= 15 is 0 Å². The number of hydrogen-bond acceptors (Lipinski definition) is 5. The van der Waals surface area contributed by atoms with Crippen molar-refractivity contribution in [2.24, 2.45) is 5.14 Å². The molecule has 0 bridgehead atoms. The van der Waals surface area contributed by atoms with Gasteiger partial charge in [0.25, 0.3) is 0 Å². The maximum absolute atomic E-state index is 12.1. The molecule has 21 heavy (non-hydrogen) atoms. The number of aryl methyl sites for hydroxylation is 1. The first-order chi connectivity index (χ1) is 9.68. The lowest BCUT2D eigenvalue weighted by atomic mass is 10.2. The highest BCUT2D eigenvalue weighted by atomic mass is 32.2. The normalized spacial score (nSPS) is 12.5. The summed E-state index contributed by atoms with van der Waals surface area (Å²) in [7, 11) is -7.38. The lowest BCUT2D eigenvalue weighted by Gasteiger charge is -2.05. The lowest BCUT2D eigenvalue weighted by Crippen LogP contribution is -2.22. The number of benzene rings is 1. The van der Waals surface area contributed by atoms with E-state index in [9.17, 15) is 16.8 Å². The fraction of sp³-hybridized carbons (Fsp3) is 0.167. The molecule has 1 heterocycles. The molecule has 0 amide bonds. The van der Waals surface area contributed by atoms with Gasteiger partial charge < -0.3 is 0 Å². The highest BCUT2D eigenvalue weighted by Crippen LogP contribution is 2.20. The molecule has 0 saturated carbocycles. The van der Waals surface area contributed by atoms with Crippen LogP contribution in [0.25, 0.3) is 0 Å². The van der Waals surface area contributed by atoms with Crippen molar-refractivity contribution in [2.45, 2.75) is 22.6 Å². The molecule has 0 unspecified atom stereocenters. The van der Waals surface area contributed by atoms with Gasteiger partial charge in [0.15, 0.2) is 0 Å². The Morgan fingerprint density at radius 1 is 1.05 bits per heavy atom. The summed E-state index contributed by atoms with van der Waals surface area (Å²) >= 11 is 0.938. The predicted octanol–water partition coefficient (Wildman–Crippen LogP) is 1.18. The van der Waals surface area contributed by atoms with Gasteiger partial charge in [0, 0.05) is 11.4 Å². The van der Waals surface area contributed by atoms with E-state index in [1.165, 1.54) is 24.3 Å². The van der Waals surface area contributed by atoms with Crippen LogP contribution >= 0.6 is 11.3 Å². The molecule has 1 aromatic heterocycles. The average Bonchev–Trinajstić information content (AvgIpc) is 2.86. The standard InChI is InChI=1S/C12H14N2O4S3/c1-9-2-5-11(6-3-9)21(17,18)14-8-10-4-7-12(19-10)20(13,15)16/h2-7,14H,8H2,1H3,(H2,13,15,16). The number of nitrogens with two attached hydrogens (primary N) is 1. The van der Waals surface area contributed by atoms with Gasteiger partial charge >= 0.3 is 0 Å². The van der Waals surface area contributed by atoms with E-state index in [4.69, 9.17) is 5.14 Å². The zero-order valence-electron chi connectivity index (χ0n) is 11.1. The molecule has 9 heteroatoms. The number of primary sulfonamides is 1. The van der Waals surface area contributed by atoms with Crippen molar-refractivity contribution in [2.75, 3.05) is 0 Å². The maximum Gasteiger partial charge on any atom is 0.247 e. The van der Waals surface area contributed by atoms with E-state index in [-0.39, 0.29) is 15.6 Å². The highest BCUT2D eigenvalue weighted by Gasteiger charge is 2.15. The largest absolute Gasteiger partial charge is 0.247 e. The Morgan fingerprint density at radius 2 is 1.67 bits per heavy atom. The second-order valence-electron chi connectivity index (χ2n) is 4.40. The van der Waals surface area contributed by atoms with Crippen LogP contribution in [0, 0.1) is 6.92 Å². The molecule has 0 aliphatic heterocycles. The average molecular weight is 346 g/mol. The van der Waals surface area contributed by atoms with Gasteiger partial charge in [-0.15, -0.1) is 11.3 Å². The molecule has 0 atom stereocenters. The maximum atomic E-state index is 12.1. The Bertz CT molecular complexity index is 837. The summed E-state index contributed by atoms with van der Waals surface area (Å²) in [5.74, 6) is 0. The van der Waals surface area contributed by atoms with E-state index in [1.807, 2.05) is 6.92 Å². The van der Waals surface area contributed by atoms with Crippen molar-refractivity contribution in [1.82, 2.24) is 4.72 Å². The minimum absolute atomic E-state index is 0.00651. The summed E-state index contributed by atoms with van der Waals surface area (Å²) in [5.41, 5.74) is 0.963. The fourth-order valence-electron chi connectivity index (χ4n) is 1.57. The number of thiophene rings is 1. The van der Waals surface area contributed by atoms with Gasteiger partial charge in [-0.3, -0.25) is 0 Å². The Morgan fingerprint density at radius 3 is 2.19 bits per heavy atom. The summed E-state index contributed by atoms with van der Waals surface area (Å²) in [6.07, 6.45) is 0. The van der Waals surface area contributed by atoms with Crippen LogP contribution in [-0.2, 0) is 26.6 Å². The third-order valence-electron chi connectivity index (χ3n) is 2.69. The van der Waals surface area contributed by atoms with Crippen molar-refractivity contribution in [3.8, 4) is 0 Å². The van der Waals surface area contributed by atoms with Crippen molar-refractivity contribution < 1.29 is 16.8 Å². The summed E-state index contributed by atoms with van der Waals surface area (Å²) in [6.45, 7) is 1.88. The van der Waals surface area contributed by atoms with Gasteiger partial charge in [-0.05, 0) is 31.2 Å². The molecule has 3 N–H and O–H groups in total. The Kier molecular flexibility index (Phi) is 4.49. The van der Waals surface area contributed by atoms with Gasteiger partial charge in [0.1, 0.15) is 4.21 Å². The minimum atomic E-state index is -3.75. The molecule has 0 radical (unpaired) electrons. The summed E-state index contributed by atoms with van der Waals surface area (Å²) in [4.78, 5) is 0.728. The Hall–Kier alpha value is -1.26. The second-order valence-corrected chi connectivity index (χ2v) is 9.13. The fourth-order valence-corrected chi connectivity index (χ4v) is 4.39. The number of rotatable bonds is 5. The van der Waals surface area contributed by atoms with Crippen LogP contribution in [0.3, 0.4) is 0 Å². The molecule has 114 valence electrons. The predicted molar refractivity (Wildman–Crippen MR) is 80.9 cm³/mol. The molecule has 0 spiro atoms. The van der Waals surface area contributed by atoms with Crippen LogP contribution < -0.4 is 9.86 Å². The molecule has 0 saturated heterocycles. The first-order valence-electron chi connectivity index (χ1n) is 5.86. The third-order valence-corrected chi connectivity index (χ3v) is 6.63. The molecule has 0 aliphatic rings. The Balaban J connectivity index is 2.12. The smallest absolute Gasteiger partial charge is 0.224 e. The molecule has 1 aromatic carbocycles. The number of sulfonamides is 2. The van der Waals surface area contributed by atoms with Gasteiger partial charge in [0.05, 0.1) is 4.90 Å². The lowest BCUT2D eigenvalue weighted by molar-refractivity contribution is 0.581. The van der Waals surface area contributed by atoms with Crippen LogP contribution in [-0.4, -0.2) is 16.8 Å². The molecule has 0 aliphatic carbocycles.